The van der Waals surface area contributed by atoms with Gasteiger partial charge in [0.25, 0.3) is 5.91 Å². The van der Waals surface area contributed by atoms with Gasteiger partial charge < -0.3 is 36.8 Å². The van der Waals surface area contributed by atoms with Crippen molar-refractivity contribution in [2.75, 3.05) is 20.6 Å². The van der Waals surface area contributed by atoms with Crippen molar-refractivity contribution < 1.29 is 39.0 Å². The van der Waals surface area contributed by atoms with Gasteiger partial charge in [0.05, 0.1) is 12.1 Å². The van der Waals surface area contributed by atoms with E-state index in [-0.39, 0.29) is 32.2 Å². The van der Waals surface area contributed by atoms with Gasteiger partial charge >= 0.3 is 11.9 Å². The van der Waals surface area contributed by atoms with Crippen LogP contribution in [0.3, 0.4) is 0 Å². The van der Waals surface area contributed by atoms with Gasteiger partial charge in [-0.1, -0.05) is 30.3 Å². The number of hydrogen-bond donors (Lipinski definition) is 6. The topological polar surface area (TPSA) is 208 Å². The summed E-state index contributed by atoms with van der Waals surface area (Å²) in [5.41, 5.74) is 6.40. The third-order valence-electron chi connectivity index (χ3n) is 5.85. The summed E-state index contributed by atoms with van der Waals surface area (Å²) in [4.78, 5) is 74.8. The number of benzene rings is 1. The van der Waals surface area contributed by atoms with Crippen LogP contribution in [0.1, 0.15) is 50.5 Å². The second kappa shape index (κ2) is 17.6. The molecule has 216 valence electrons. The highest BCUT2D eigenvalue weighted by Gasteiger charge is 2.32. The van der Waals surface area contributed by atoms with Gasteiger partial charge in [-0.2, -0.15) is 0 Å². The maximum Gasteiger partial charge on any atom is 0.303 e. The number of likely N-dealkylation sites (N-methyl/N-ethyl adjacent to an activating group) is 1. The number of carbonyl (C=O) groups is 6. The number of amides is 3. The summed E-state index contributed by atoms with van der Waals surface area (Å²) >= 11 is 0. The summed E-state index contributed by atoms with van der Waals surface area (Å²) < 4.78 is 0. The summed E-state index contributed by atoms with van der Waals surface area (Å²) in [6, 6.07) is 5.66. The number of Topliss-reactive ketones (excluding diaryl/α,β-unsaturated/α-hetero) is 1. The van der Waals surface area contributed by atoms with E-state index in [0.29, 0.717) is 19.4 Å². The van der Waals surface area contributed by atoms with Gasteiger partial charge in [-0.05, 0) is 44.2 Å². The molecule has 13 nitrogen and oxygen atoms in total. The molecule has 1 aromatic rings. The Morgan fingerprint density at radius 2 is 1.41 bits per heavy atom. The first-order chi connectivity index (χ1) is 18.5. The minimum Gasteiger partial charge on any atom is -0.481 e. The minimum absolute atomic E-state index is 0.0570. The van der Waals surface area contributed by atoms with E-state index in [2.05, 4.69) is 16.0 Å². The molecule has 13 heteroatoms. The fraction of sp³-hybridized carbons (Fsp3) is 0.538. The summed E-state index contributed by atoms with van der Waals surface area (Å²) in [7, 11) is 2.86. The predicted octanol–water partition coefficient (Wildman–Crippen LogP) is -0.370. The molecule has 1 rings (SSSR count). The fourth-order valence-corrected chi connectivity index (χ4v) is 3.69. The molecule has 0 aliphatic rings. The summed E-state index contributed by atoms with van der Waals surface area (Å²) in [6.07, 6.45) is 0.0283. The highest BCUT2D eigenvalue weighted by molar-refractivity contribution is 6.38. The minimum atomic E-state index is -1.26. The number of hydrogen-bond acceptors (Lipinski definition) is 8. The Kier molecular flexibility index (Phi) is 15.0. The van der Waals surface area contributed by atoms with E-state index in [1.54, 1.807) is 0 Å². The van der Waals surface area contributed by atoms with Gasteiger partial charge in [-0.25, -0.2) is 0 Å². The average molecular weight is 550 g/mol. The molecule has 3 amide bonds. The molecule has 3 atom stereocenters. The number of nitrogens with zero attached hydrogens (tertiary/aromatic N) is 1. The Morgan fingerprint density at radius 3 is 1.95 bits per heavy atom. The number of unbranched alkanes of at least 4 members (excludes halogenated alkanes) is 1. The Balaban J connectivity index is 3.04. The van der Waals surface area contributed by atoms with Crippen LogP contribution in [-0.4, -0.2) is 89.3 Å². The van der Waals surface area contributed by atoms with E-state index in [4.69, 9.17) is 15.9 Å². The summed E-state index contributed by atoms with van der Waals surface area (Å²) in [6.45, 7) is 0.595. The van der Waals surface area contributed by atoms with Crippen LogP contribution in [0.5, 0.6) is 0 Å². The van der Waals surface area contributed by atoms with Crippen LogP contribution in [0.25, 0.3) is 0 Å². The molecule has 39 heavy (non-hydrogen) atoms. The molecule has 1 unspecified atom stereocenters. The number of rotatable bonds is 19. The van der Waals surface area contributed by atoms with Gasteiger partial charge in [0.15, 0.2) is 0 Å². The lowest BCUT2D eigenvalue weighted by atomic mass is 10.0. The molecule has 0 fully saturated rings. The Hall–Kier alpha value is -3.84. The molecule has 7 N–H and O–H groups in total. The highest BCUT2D eigenvalue weighted by atomic mass is 16.4. The third-order valence-corrected chi connectivity index (χ3v) is 5.85. The third kappa shape index (κ3) is 13.0. The molecule has 0 saturated heterocycles. The summed E-state index contributed by atoms with van der Waals surface area (Å²) in [5, 5.41) is 26.0. The predicted molar refractivity (Wildman–Crippen MR) is 141 cm³/mol. The monoisotopic (exact) mass is 549 g/mol. The van der Waals surface area contributed by atoms with Crippen molar-refractivity contribution in [3.8, 4) is 0 Å². The highest BCUT2D eigenvalue weighted by Crippen LogP contribution is 2.08. The van der Waals surface area contributed by atoms with E-state index < -0.39 is 60.0 Å². The molecule has 0 aliphatic carbocycles. The molecule has 0 aliphatic heterocycles. The first kappa shape index (κ1) is 33.2. The Labute approximate surface area is 227 Å². The van der Waals surface area contributed by atoms with E-state index in [1.165, 1.54) is 19.0 Å². The Morgan fingerprint density at radius 1 is 0.821 bits per heavy atom. The van der Waals surface area contributed by atoms with E-state index in [1.807, 2.05) is 30.3 Å². The van der Waals surface area contributed by atoms with Gasteiger partial charge in [0.1, 0.15) is 6.04 Å². The van der Waals surface area contributed by atoms with Crippen LogP contribution < -0.4 is 21.7 Å². The quantitative estimate of drug-likeness (QED) is 0.0974. The van der Waals surface area contributed by atoms with Crippen molar-refractivity contribution in [2.24, 2.45) is 5.73 Å². The van der Waals surface area contributed by atoms with Crippen molar-refractivity contribution in [2.45, 2.75) is 69.6 Å². The van der Waals surface area contributed by atoms with Crippen LogP contribution >= 0.6 is 0 Å². The van der Waals surface area contributed by atoms with Crippen molar-refractivity contribution in [3.05, 3.63) is 35.9 Å². The first-order valence-electron chi connectivity index (χ1n) is 12.7. The smallest absolute Gasteiger partial charge is 0.303 e. The van der Waals surface area contributed by atoms with Gasteiger partial charge in [-0.3, -0.25) is 28.8 Å². The molecule has 0 spiro atoms. The zero-order chi connectivity index (χ0) is 29.4. The molecule has 0 aromatic heterocycles. The van der Waals surface area contributed by atoms with Crippen LogP contribution in [0.4, 0.5) is 0 Å². The van der Waals surface area contributed by atoms with Gasteiger partial charge in [-0.15, -0.1) is 0 Å². The first-order valence-corrected chi connectivity index (χ1v) is 12.7. The van der Waals surface area contributed by atoms with Crippen molar-refractivity contribution in [1.29, 1.82) is 0 Å². The lowest BCUT2D eigenvalue weighted by Crippen LogP contribution is -2.55. The number of ketones is 1. The SMILES string of the molecule is CN(C)C(=O)[C@H](CCC(=O)O)NC(=O)C(=O)[C@H](CCCCN)NC(=O)C(CCC(=O)O)NCc1ccccc1. The van der Waals surface area contributed by atoms with Crippen molar-refractivity contribution >= 4 is 35.4 Å². The molecular weight excluding hydrogens is 510 g/mol. The number of nitrogens with two attached hydrogens (primary N) is 1. The lowest BCUT2D eigenvalue weighted by molar-refractivity contribution is -0.143. The molecule has 1 aromatic carbocycles. The number of nitrogens with one attached hydrogen (secondary N) is 3. The van der Waals surface area contributed by atoms with E-state index in [0.717, 1.165) is 5.56 Å². The van der Waals surface area contributed by atoms with Crippen LogP contribution in [-0.2, 0) is 35.3 Å². The maximum absolute atomic E-state index is 13.1. The van der Waals surface area contributed by atoms with Crippen LogP contribution in [0, 0.1) is 0 Å². The molecule has 0 heterocycles. The number of aliphatic carboxylic acids is 2. The standard InChI is InChI=1S/C26H39N5O8/c1-31(2)26(39)20(12-14-22(34)35)30-25(38)23(36)18(10-6-7-15-27)29-24(37)19(11-13-21(32)33)28-16-17-8-4-3-5-9-17/h3-5,8-9,18-20,28H,6-7,10-16,27H2,1-2H3,(H,29,37)(H,30,38)(H,32,33)(H,34,35)/t18-,19?,20-/m0/s1. The van der Waals surface area contributed by atoms with Crippen LogP contribution in [0.15, 0.2) is 30.3 Å². The molecule has 0 saturated carbocycles. The number of carbonyl (C=O) groups excluding carboxylic acids is 4. The normalized spacial score (nSPS) is 13.0. The molecular formula is C26H39N5O8. The second-order valence-electron chi connectivity index (χ2n) is 9.25. The number of carboxylic acids is 2. The largest absolute Gasteiger partial charge is 0.481 e. The van der Waals surface area contributed by atoms with Gasteiger partial charge in [0, 0.05) is 33.5 Å². The van der Waals surface area contributed by atoms with Crippen molar-refractivity contribution in [1.82, 2.24) is 20.9 Å². The van der Waals surface area contributed by atoms with E-state index >= 15 is 0 Å². The van der Waals surface area contributed by atoms with Crippen LogP contribution in [0.2, 0.25) is 0 Å². The Bertz CT molecular complexity index is 986. The summed E-state index contributed by atoms with van der Waals surface area (Å²) in [5.74, 6) is -5.65. The second-order valence-corrected chi connectivity index (χ2v) is 9.25. The van der Waals surface area contributed by atoms with Gasteiger partial charge in [0.2, 0.25) is 17.6 Å². The molecule has 0 radical (unpaired) electrons. The average Bonchev–Trinajstić information content (AvgIpc) is 2.89. The zero-order valence-electron chi connectivity index (χ0n) is 22.4. The zero-order valence-corrected chi connectivity index (χ0v) is 22.4. The van der Waals surface area contributed by atoms with E-state index in [9.17, 15) is 28.8 Å². The maximum atomic E-state index is 13.1. The number of carboxylic acid groups (broad SMARTS) is 2. The molecule has 0 bridgehead atoms. The lowest BCUT2D eigenvalue weighted by Gasteiger charge is -2.24. The fourth-order valence-electron chi connectivity index (χ4n) is 3.69. The van der Waals surface area contributed by atoms with Crippen molar-refractivity contribution in [3.63, 3.8) is 0 Å².